The molecule has 35 heavy (non-hydrogen) atoms. The molecule has 0 aliphatic carbocycles. The summed E-state index contributed by atoms with van der Waals surface area (Å²) in [5.74, 6) is 0.455. The molecule has 1 aliphatic heterocycles. The zero-order valence-electron chi connectivity index (χ0n) is 18.5. The Kier molecular flexibility index (Phi) is 5.76. The van der Waals surface area contributed by atoms with Crippen molar-refractivity contribution in [3.8, 4) is 11.4 Å². The number of carbonyl (C=O) groups is 1. The molecule has 1 atom stereocenters. The zero-order chi connectivity index (χ0) is 24.5. The number of hydrogen-bond donors (Lipinski definition) is 2. The molecule has 1 aromatic heterocycles. The molecular formula is C25H19ClN6O3. The SMILES string of the molecule is CC1=C(C(=O)Nc2ccccc2)C(c2cccc([N+](=O)[O-])c2)n2nc(-c3cccc(Cl)c3)nc2N1. The van der Waals surface area contributed by atoms with Crippen LogP contribution in [0.3, 0.4) is 0 Å². The van der Waals surface area contributed by atoms with Gasteiger partial charge in [0.1, 0.15) is 6.04 Å². The van der Waals surface area contributed by atoms with Crippen LogP contribution in [0, 0.1) is 10.1 Å². The average Bonchev–Trinajstić information content (AvgIpc) is 3.27. The van der Waals surface area contributed by atoms with Gasteiger partial charge in [0.15, 0.2) is 5.82 Å². The van der Waals surface area contributed by atoms with Gasteiger partial charge in [0, 0.05) is 34.1 Å². The van der Waals surface area contributed by atoms with Crippen molar-refractivity contribution in [1.82, 2.24) is 14.8 Å². The number of non-ortho nitro benzene ring substituents is 1. The summed E-state index contributed by atoms with van der Waals surface area (Å²) >= 11 is 6.15. The smallest absolute Gasteiger partial charge is 0.269 e. The van der Waals surface area contributed by atoms with E-state index in [4.69, 9.17) is 11.6 Å². The van der Waals surface area contributed by atoms with Crippen molar-refractivity contribution in [3.05, 3.63) is 111 Å². The van der Waals surface area contributed by atoms with Crippen molar-refractivity contribution in [2.45, 2.75) is 13.0 Å². The van der Waals surface area contributed by atoms with Crippen LogP contribution < -0.4 is 10.6 Å². The normalized spacial score (nSPS) is 14.7. The third-order valence-corrected chi connectivity index (χ3v) is 5.84. The number of rotatable bonds is 5. The van der Waals surface area contributed by atoms with E-state index in [1.165, 1.54) is 12.1 Å². The summed E-state index contributed by atoms with van der Waals surface area (Å²) in [6.07, 6.45) is 0. The van der Waals surface area contributed by atoms with Crippen LogP contribution in [0.2, 0.25) is 5.02 Å². The van der Waals surface area contributed by atoms with Crippen LogP contribution in [-0.4, -0.2) is 25.6 Å². The summed E-state index contributed by atoms with van der Waals surface area (Å²) in [5, 5.41) is 22.8. The molecule has 1 amide bonds. The second kappa shape index (κ2) is 9.03. The Balaban J connectivity index is 1.64. The van der Waals surface area contributed by atoms with Crippen molar-refractivity contribution in [3.63, 3.8) is 0 Å². The standard InChI is InChI=1S/C25H19ClN6O3/c1-15-21(24(33)28-19-10-3-2-4-11-19)22(16-7-6-12-20(14-16)32(34)35)31-25(27-15)29-23(30-31)17-8-5-9-18(26)13-17/h2-14,22H,1H3,(H,28,33)(H,27,29,30). The molecule has 0 fully saturated rings. The van der Waals surface area contributed by atoms with E-state index in [0.29, 0.717) is 44.9 Å². The summed E-state index contributed by atoms with van der Waals surface area (Å²) < 4.78 is 1.57. The molecular weight excluding hydrogens is 468 g/mol. The molecule has 0 saturated carbocycles. The fraction of sp³-hybridized carbons (Fsp3) is 0.0800. The second-order valence-corrected chi connectivity index (χ2v) is 8.39. The van der Waals surface area contributed by atoms with Crippen molar-refractivity contribution in [2.24, 2.45) is 0 Å². The number of anilines is 2. The molecule has 0 bridgehead atoms. The van der Waals surface area contributed by atoms with E-state index in [-0.39, 0.29) is 11.6 Å². The first-order valence-electron chi connectivity index (χ1n) is 10.7. The summed E-state index contributed by atoms with van der Waals surface area (Å²) in [5.41, 5.74) is 2.70. The number of aromatic nitrogens is 3. The lowest BCUT2D eigenvalue weighted by Gasteiger charge is -2.28. The number of carbonyl (C=O) groups excluding carboxylic acids is 1. The van der Waals surface area contributed by atoms with Gasteiger partial charge >= 0.3 is 0 Å². The molecule has 1 unspecified atom stereocenters. The summed E-state index contributed by atoms with van der Waals surface area (Å²) in [7, 11) is 0. The van der Waals surface area contributed by atoms with Crippen LogP contribution in [0.4, 0.5) is 17.3 Å². The lowest BCUT2D eigenvalue weighted by Crippen LogP contribution is -2.31. The number of benzene rings is 3. The molecule has 1 aliphatic rings. The summed E-state index contributed by atoms with van der Waals surface area (Å²) in [6.45, 7) is 1.77. The number of fused-ring (bicyclic) bond motifs is 1. The first kappa shape index (κ1) is 22.3. The molecule has 9 nitrogen and oxygen atoms in total. The number of nitro benzene ring substituents is 1. The van der Waals surface area contributed by atoms with E-state index < -0.39 is 11.0 Å². The molecule has 174 valence electrons. The molecule has 3 aromatic carbocycles. The Morgan fingerprint density at radius 3 is 2.60 bits per heavy atom. The summed E-state index contributed by atoms with van der Waals surface area (Å²) in [4.78, 5) is 29.1. The van der Waals surface area contributed by atoms with E-state index in [2.05, 4.69) is 20.7 Å². The van der Waals surface area contributed by atoms with Crippen molar-refractivity contribution >= 4 is 34.8 Å². The van der Waals surface area contributed by atoms with E-state index in [0.717, 1.165) is 0 Å². The number of nitro groups is 1. The number of halogens is 1. The quantitative estimate of drug-likeness (QED) is 0.287. The zero-order valence-corrected chi connectivity index (χ0v) is 19.2. The van der Waals surface area contributed by atoms with Crippen molar-refractivity contribution < 1.29 is 9.72 Å². The molecule has 2 N–H and O–H groups in total. The largest absolute Gasteiger partial charge is 0.328 e. The molecule has 2 heterocycles. The maximum atomic E-state index is 13.5. The first-order chi connectivity index (χ1) is 16.9. The van der Waals surface area contributed by atoms with E-state index in [9.17, 15) is 14.9 Å². The fourth-order valence-electron chi connectivity index (χ4n) is 4.03. The van der Waals surface area contributed by atoms with Gasteiger partial charge in [-0.3, -0.25) is 14.9 Å². The van der Waals surface area contributed by atoms with E-state index in [1.807, 2.05) is 24.3 Å². The van der Waals surface area contributed by atoms with Crippen LogP contribution in [0.15, 0.2) is 90.1 Å². The average molecular weight is 487 g/mol. The van der Waals surface area contributed by atoms with Crippen LogP contribution >= 0.6 is 11.6 Å². The molecule has 5 rings (SSSR count). The van der Waals surface area contributed by atoms with Crippen LogP contribution in [0.5, 0.6) is 0 Å². The number of hydrogen-bond acceptors (Lipinski definition) is 6. The van der Waals surface area contributed by atoms with Gasteiger partial charge in [0.2, 0.25) is 5.95 Å². The highest BCUT2D eigenvalue weighted by molar-refractivity contribution is 6.30. The maximum Gasteiger partial charge on any atom is 0.269 e. The Bertz CT molecular complexity index is 1480. The van der Waals surface area contributed by atoms with Crippen molar-refractivity contribution in [2.75, 3.05) is 10.6 Å². The number of amides is 1. The highest BCUT2D eigenvalue weighted by atomic mass is 35.5. The number of allylic oxidation sites excluding steroid dienone is 1. The monoisotopic (exact) mass is 486 g/mol. The molecule has 4 aromatic rings. The highest BCUT2D eigenvalue weighted by Gasteiger charge is 2.35. The minimum Gasteiger partial charge on any atom is -0.328 e. The minimum atomic E-state index is -0.754. The Hall–Kier alpha value is -4.50. The number of nitrogens with one attached hydrogen (secondary N) is 2. The Labute approximate surface area is 205 Å². The van der Waals surface area contributed by atoms with E-state index >= 15 is 0 Å². The van der Waals surface area contributed by atoms with Gasteiger partial charge in [0.05, 0.1) is 10.5 Å². The highest BCUT2D eigenvalue weighted by Crippen LogP contribution is 2.38. The number of para-hydroxylation sites is 1. The third kappa shape index (κ3) is 4.36. The van der Waals surface area contributed by atoms with Gasteiger partial charge < -0.3 is 10.6 Å². The van der Waals surface area contributed by atoms with Gasteiger partial charge in [-0.2, -0.15) is 4.98 Å². The van der Waals surface area contributed by atoms with Crippen molar-refractivity contribution in [1.29, 1.82) is 0 Å². The summed E-state index contributed by atoms with van der Waals surface area (Å²) in [6, 6.07) is 21.6. The van der Waals surface area contributed by atoms with Crippen LogP contribution in [-0.2, 0) is 4.79 Å². The van der Waals surface area contributed by atoms with Crippen LogP contribution in [0.25, 0.3) is 11.4 Å². The molecule has 0 spiro atoms. The van der Waals surface area contributed by atoms with Gasteiger partial charge in [0.25, 0.3) is 11.6 Å². The lowest BCUT2D eigenvalue weighted by atomic mass is 9.94. The minimum absolute atomic E-state index is 0.0850. The predicted molar refractivity (Wildman–Crippen MR) is 133 cm³/mol. The molecule has 0 radical (unpaired) electrons. The molecule has 10 heteroatoms. The van der Waals surface area contributed by atoms with Gasteiger partial charge in [-0.05, 0) is 36.8 Å². The van der Waals surface area contributed by atoms with Gasteiger partial charge in [-0.15, -0.1) is 5.10 Å². The van der Waals surface area contributed by atoms with Gasteiger partial charge in [-0.1, -0.05) is 54.1 Å². The predicted octanol–water partition coefficient (Wildman–Crippen LogP) is 5.43. The second-order valence-electron chi connectivity index (χ2n) is 7.95. The van der Waals surface area contributed by atoms with Gasteiger partial charge in [-0.25, -0.2) is 4.68 Å². The van der Waals surface area contributed by atoms with E-state index in [1.54, 1.807) is 54.1 Å². The topological polar surface area (TPSA) is 115 Å². The van der Waals surface area contributed by atoms with Crippen LogP contribution in [0.1, 0.15) is 18.5 Å². The fourth-order valence-corrected chi connectivity index (χ4v) is 4.22. The molecule has 0 saturated heterocycles. The Morgan fingerprint density at radius 1 is 1.09 bits per heavy atom. The lowest BCUT2D eigenvalue weighted by molar-refractivity contribution is -0.384. The Morgan fingerprint density at radius 2 is 1.86 bits per heavy atom. The first-order valence-corrected chi connectivity index (χ1v) is 11.1. The number of nitrogens with zero attached hydrogens (tertiary/aromatic N) is 4. The third-order valence-electron chi connectivity index (χ3n) is 5.61. The maximum absolute atomic E-state index is 13.5.